The molecule has 0 fully saturated rings. The number of anilines is 2. The third-order valence-electron chi connectivity index (χ3n) is 2.20. The van der Waals surface area contributed by atoms with Gasteiger partial charge in [-0.2, -0.15) is 4.98 Å². The van der Waals surface area contributed by atoms with Gasteiger partial charge in [0.1, 0.15) is 11.6 Å². The lowest BCUT2D eigenvalue weighted by Crippen LogP contribution is -2.01. The van der Waals surface area contributed by atoms with Crippen LogP contribution in [0.3, 0.4) is 0 Å². The van der Waals surface area contributed by atoms with E-state index >= 15 is 0 Å². The Morgan fingerprint density at radius 3 is 2.59 bits per heavy atom. The predicted octanol–water partition coefficient (Wildman–Crippen LogP) is 1.97. The van der Waals surface area contributed by atoms with Gasteiger partial charge in [0, 0.05) is 16.7 Å². The number of hydrogen-bond donors (Lipinski definition) is 2. The van der Waals surface area contributed by atoms with Crippen molar-refractivity contribution in [1.82, 2.24) is 9.97 Å². The van der Waals surface area contributed by atoms with E-state index < -0.39 is 0 Å². The van der Waals surface area contributed by atoms with E-state index in [4.69, 9.17) is 27.8 Å². The Kier molecular flexibility index (Phi) is 3.01. The first-order valence-corrected chi connectivity index (χ1v) is 5.22. The van der Waals surface area contributed by atoms with Crippen molar-refractivity contribution in [3.05, 3.63) is 29.3 Å². The number of benzene rings is 1. The molecule has 0 bridgehead atoms. The van der Waals surface area contributed by atoms with Gasteiger partial charge in [-0.3, -0.25) is 0 Å². The highest BCUT2D eigenvalue weighted by atomic mass is 35.5. The fourth-order valence-corrected chi connectivity index (χ4v) is 1.68. The predicted molar refractivity (Wildman–Crippen MR) is 67.9 cm³/mol. The molecule has 17 heavy (non-hydrogen) atoms. The van der Waals surface area contributed by atoms with Crippen LogP contribution in [0.1, 0.15) is 0 Å². The third-order valence-corrected chi connectivity index (χ3v) is 2.44. The van der Waals surface area contributed by atoms with Crippen LogP contribution in [0.15, 0.2) is 24.3 Å². The summed E-state index contributed by atoms with van der Waals surface area (Å²) in [4.78, 5) is 7.91. The van der Waals surface area contributed by atoms with Gasteiger partial charge in [0.15, 0.2) is 0 Å². The van der Waals surface area contributed by atoms with E-state index in [2.05, 4.69) is 9.97 Å². The number of methoxy groups -OCH3 is 1. The van der Waals surface area contributed by atoms with E-state index in [-0.39, 0.29) is 5.95 Å². The second-order valence-electron chi connectivity index (χ2n) is 3.38. The SMILES string of the molecule is COc1ccc(Cl)cc1-c1cc(N)nc(N)n1. The Balaban J connectivity index is 2.62. The zero-order valence-corrected chi connectivity index (χ0v) is 9.90. The zero-order valence-electron chi connectivity index (χ0n) is 9.14. The van der Waals surface area contributed by atoms with Crippen LogP contribution in [0, 0.1) is 0 Å². The molecule has 4 N–H and O–H groups in total. The lowest BCUT2D eigenvalue weighted by molar-refractivity contribution is 0.416. The normalized spacial score (nSPS) is 10.2. The van der Waals surface area contributed by atoms with Gasteiger partial charge in [0.25, 0.3) is 0 Å². The molecule has 6 heteroatoms. The van der Waals surface area contributed by atoms with E-state index in [1.807, 2.05) is 0 Å². The molecular weight excluding hydrogens is 240 g/mol. The molecule has 88 valence electrons. The average Bonchev–Trinajstić information content (AvgIpc) is 2.27. The topological polar surface area (TPSA) is 87.0 Å². The summed E-state index contributed by atoms with van der Waals surface area (Å²) in [5.41, 5.74) is 12.5. The zero-order chi connectivity index (χ0) is 12.4. The quantitative estimate of drug-likeness (QED) is 0.851. The Bertz CT molecular complexity index is 539. The number of nitrogens with zero attached hydrogens (tertiary/aromatic N) is 2. The Labute approximate surface area is 103 Å². The van der Waals surface area contributed by atoms with Crippen molar-refractivity contribution in [2.24, 2.45) is 0 Å². The number of nitrogens with two attached hydrogens (primary N) is 2. The summed E-state index contributed by atoms with van der Waals surface area (Å²) in [6, 6.07) is 6.84. The van der Waals surface area contributed by atoms with Gasteiger partial charge in [0.2, 0.25) is 5.95 Å². The summed E-state index contributed by atoms with van der Waals surface area (Å²) in [5.74, 6) is 1.06. The van der Waals surface area contributed by atoms with Crippen LogP contribution in [0.5, 0.6) is 5.75 Å². The van der Waals surface area contributed by atoms with E-state index in [9.17, 15) is 0 Å². The van der Waals surface area contributed by atoms with Crippen molar-refractivity contribution in [2.75, 3.05) is 18.6 Å². The van der Waals surface area contributed by atoms with Crippen molar-refractivity contribution in [3.8, 4) is 17.0 Å². The Hall–Kier alpha value is -2.01. The molecule has 0 aliphatic heterocycles. The standard InChI is InChI=1S/C11H11ClN4O/c1-17-9-3-2-6(12)4-7(9)8-5-10(13)16-11(14)15-8/h2-5H,1H3,(H4,13,14,15,16). The molecule has 0 amide bonds. The number of ether oxygens (including phenoxy) is 1. The highest BCUT2D eigenvalue weighted by molar-refractivity contribution is 6.30. The minimum absolute atomic E-state index is 0.113. The summed E-state index contributed by atoms with van der Waals surface area (Å²) < 4.78 is 5.23. The van der Waals surface area contributed by atoms with Gasteiger partial charge in [-0.1, -0.05) is 11.6 Å². The molecule has 1 heterocycles. The van der Waals surface area contributed by atoms with E-state index in [1.54, 1.807) is 31.4 Å². The number of aromatic nitrogens is 2. The second kappa shape index (κ2) is 4.47. The Morgan fingerprint density at radius 1 is 1.18 bits per heavy atom. The largest absolute Gasteiger partial charge is 0.496 e. The minimum atomic E-state index is 0.113. The number of halogens is 1. The molecule has 1 aromatic carbocycles. The van der Waals surface area contributed by atoms with E-state index in [0.29, 0.717) is 22.3 Å². The molecule has 0 aliphatic carbocycles. The maximum atomic E-state index is 5.94. The molecule has 0 unspecified atom stereocenters. The van der Waals surface area contributed by atoms with Crippen LogP contribution in [0.25, 0.3) is 11.3 Å². The van der Waals surface area contributed by atoms with Gasteiger partial charge in [-0.25, -0.2) is 4.98 Å². The lowest BCUT2D eigenvalue weighted by atomic mass is 10.1. The molecule has 0 saturated carbocycles. The van der Waals surface area contributed by atoms with Crippen molar-refractivity contribution in [3.63, 3.8) is 0 Å². The first kappa shape index (κ1) is 11.5. The first-order valence-electron chi connectivity index (χ1n) is 4.84. The minimum Gasteiger partial charge on any atom is -0.496 e. The summed E-state index contributed by atoms with van der Waals surface area (Å²) in [7, 11) is 1.57. The molecule has 0 atom stereocenters. The maximum Gasteiger partial charge on any atom is 0.222 e. The summed E-state index contributed by atoms with van der Waals surface area (Å²) >= 11 is 5.94. The lowest BCUT2D eigenvalue weighted by Gasteiger charge is -2.09. The fourth-order valence-electron chi connectivity index (χ4n) is 1.50. The molecular formula is C11H11ClN4O. The first-order chi connectivity index (χ1) is 8.10. The summed E-state index contributed by atoms with van der Waals surface area (Å²) in [5, 5.41) is 0.580. The van der Waals surface area contributed by atoms with Crippen LogP contribution < -0.4 is 16.2 Å². The van der Waals surface area contributed by atoms with Crippen molar-refractivity contribution < 1.29 is 4.74 Å². The summed E-state index contributed by atoms with van der Waals surface area (Å²) in [6.45, 7) is 0. The third kappa shape index (κ3) is 2.39. The van der Waals surface area contributed by atoms with Crippen LogP contribution in [-0.4, -0.2) is 17.1 Å². The van der Waals surface area contributed by atoms with Crippen molar-refractivity contribution >= 4 is 23.4 Å². The van der Waals surface area contributed by atoms with Crippen molar-refractivity contribution in [2.45, 2.75) is 0 Å². The number of hydrogen-bond acceptors (Lipinski definition) is 5. The van der Waals surface area contributed by atoms with Crippen LogP contribution in [-0.2, 0) is 0 Å². The molecule has 5 nitrogen and oxygen atoms in total. The van der Waals surface area contributed by atoms with Gasteiger partial charge < -0.3 is 16.2 Å². The monoisotopic (exact) mass is 250 g/mol. The Morgan fingerprint density at radius 2 is 1.94 bits per heavy atom. The second-order valence-corrected chi connectivity index (χ2v) is 3.82. The molecule has 0 aliphatic rings. The number of nitrogen functional groups attached to an aromatic ring is 2. The highest BCUT2D eigenvalue weighted by Gasteiger charge is 2.09. The highest BCUT2D eigenvalue weighted by Crippen LogP contribution is 2.32. The van der Waals surface area contributed by atoms with E-state index in [0.717, 1.165) is 5.56 Å². The molecule has 1 aromatic heterocycles. The molecule has 2 rings (SSSR count). The fraction of sp³-hybridized carbons (Fsp3) is 0.0909. The van der Waals surface area contributed by atoms with Gasteiger partial charge in [-0.05, 0) is 18.2 Å². The number of rotatable bonds is 2. The molecule has 0 saturated heterocycles. The smallest absolute Gasteiger partial charge is 0.222 e. The van der Waals surface area contributed by atoms with Crippen LogP contribution in [0.4, 0.5) is 11.8 Å². The van der Waals surface area contributed by atoms with Crippen LogP contribution in [0.2, 0.25) is 5.02 Å². The average molecular weight is 251 g/mol. The van der Waals surface area contributed by atoms with Gasteiger partial charge >= 0.3 is 0 Å². The van der Waals surface area contributed by atoms with Crippen LogP contribution >= 0.6 is 11.6 Å². The molecule has 0 radical (unpaired) electrons. The van der Waals surface area contributed by atoms with Gasteiger partial charge in [-0.15, -0.1) is 0 Å². The summed E-state index contributed by atoms with van der Waals surface area (Å²) in [6.07, 6.45) is 0. The molecule has 2 aromatic rings. The van der Waals surface area contributed by atoms with Crippen molar-refractivity contribution in [1.29, 1.82) is 0 Å². The van der Waals surface area contributed by atoms with Gasteiger partial charge in [0.05, 0.1) is 12.8 Å². The maximum absolute atomic E-state index is 5.94. The molecule has 0 spiro atoms. The van der Waals surface area contributed by atoms with E-state index in [1.165, 1.54) is 0 Å².